The highest BCUT2D eigenvalue weighted by molar-refractivity contribution is 9.10. The van der Waals surface area contributed by atoms with Gasteiger partial charge in [-0.25, -0.2) is 0 Å². The van der Waals surface area contributed by atoms with Crippen LogP contribution in [0.15, 0.2) is 28.7 Å². The predicted molar refractivity (Wildman–Crippen MR) is 81.5 cm³/mol. The van der Waals surface area contributed by atoms with Gasteiger partial charge in [-0.3, -0.25) is 4.68 Å². The fraction of sp³-hybridized carbons (Fsp3) is 0.400. The van der Waals surface area contributed by atoms with Gasteiger partial charge in [0.2, 0.25) is 0 Å². The molecule has 0 saturated heterocycles. The summed E-state index contributed by atoms with van der Waals surface area (Å²) < 4.78 is 3.14. The van der Waals surface area contributed by atoms with E-state index in [4.69, 9.17) is 0 Å². The molecular formula is C15H18BrN3. The quantitative estimate of drug-likeness (QED) is 0.918. The Bertz CT molecular complexity index is 603. The zero-order valence-electron chi connectivity index (χ0n) is 11.3. The molecule has 1 unspecified atom stereocenters. The third-order valence-electron chi connectivity index (χ3n) is 3.84. The fourth-order valence-corrected chi connectivity index (χ4v) is 3.29. The third-order valence-corrected chi connectivity index (χ3v) is 4.87. The standard InChI is InChI=1S/C15H18BrN3/c1-10-15(16)14(19(2)18-10)9-12-8-7-11-5-3-4-6-13(11)17-12/h3-6,12,17H,7-9H2,1-2H3. The summed E-state index contributed by atoms with van der Waals surface area (Å²) in [4.78, 5) is 0. The molecule has 2 heterocycles. The van der Waals surface area contributed by atoms with Crippen LogP contribution in [-0.4, -0.2) is 15.8 Å². The van der Waals surface area contributed by atoms with Crippen LogP contribution in [0.4, 0.5) is 5.69 Å². The maximum Gasteiger partial charge on any atom is 0.0738 e. The van der Waals surface area contributed by atoms with Crippen molar-refractivity contribution in [2.75, 3.05) is 5.32 Å². The Labute approximate surface area is 122 Å². The lowest BCUT2D eigenvalue weighted by Gasteiger charge is -2.27. The number of hydrogen-bond acceptors (Lipinski definition) is 2. The monoisotopic (exact) mass is 319 g/mol. The van der Waals surface area contributed by atoms with E-state index in [0.717, 1.165) is 23.0 Å². The van der Waals surface area contributed by atoms with Crippen molar-refractivity contribution in [1.29, 1.82) is 0 Å². The number of para-hydroxylation sites is 1. The number of halogens is 1. The van der Waals surface area contributed by atoms with Crippen LogP contribution in [0.25, 0.3) is 0 Å². The second-order valence-electron chi connectivity index (χ2n) is 5.21. The molecule has 1 aliphatic heterocycles. The number of fused-ring (bicyclic) bond motifs is 1. The molecule has 3 nitrogen and oxygen atoms in total. The number of aryl methyl sites for hydroxylation is 3. The number of rotatable bonds is 2. The highest BCUT2D eigenvalue weighted by Crippen LogP contribution is 2.28. The van der Waals surface area contributed by atoms with Crippen molar-refractivity contribution in [2.24, 2.45) is 7.05 Å². The molecule has 0 spiro atoms. The van der Waals surface area contributed by atoms with Gasteiger partial charge in [-0.2, -0.15) is 5.10 Å². The van der Waals surface area contributed by atoms with Crippen molar-refractivity contribution in [1.82, 2.24) is 9.78 Å². The first kappa shape index (κ1) is 12.7. The highest BCUT2D eigenvalue weighted by atomic mass is 79.9. The van der Waals surface area contributed by atoms with Gasteiger partial charge in [0.15, 0.2) is 0 Å². The van der Waals surface area contributed by atoms with Crippen LogP contribution in [0.2, 0.25) is 0 Å². The van der Waals surface area contributed by atoms with Crippen molar-refractivity contribution in [3.63, 3.8) is 0 Å². The fourth-order valence-electron chi connectivity index (χ4n) is 2.79. The summed E-state index contributed by atoms with van der Waals surface area (Å²) in [6, 6.07) is 9.08. The molecule has 2 aromatic rings. The SMILES string of the molecule is Cc1nn(C)c(CC2CCc3ccccc3N2)c1Br. The van der Waals surface area contributed by atoms with E-state index in [9.17, 15) is 0 Å². The van der Waals surface area contributed by atoms with Crippen LogP contribution in [0.3, 0.4) is 0 Å². The summed E-state index contributed by atoms with van der Waals surface area (Å²) in [5.74, 6) is 0. The van der Waals surface area contributed by atoms with E-state index in [2.05, 4.69) is 50.6 Å². The van der Waals surface area contributed by atoms with Gasteiger partial charge in [0, 0.05) is 25.2 Å². The van der Waals surface area contributed by atoms with Crippen LogP contribution in [0.1, 0.15) is 23.4 Å². The summed E-state index contributed by atoms with van der Waals surface area (Å²) in [7, 11) is 2.02. The second-order valence-corrected chi connectivity index (χ2v) is 6.00. The van der Waals surface area contributed by atoms with Gasteiger partial charge in [0.1, 0.15) is 0 Å². The van der Waals surface area contributed by atoms with Gasteiger partial charge in [0.05, 0.1) is 15.9 Å². The molecule has 1 aromatic heterocycles. The van der Waals surface area contributed by atoms with Gasteiger partial charge in [-0.05, 0) is 47.3 Å². The number of hydrogen-bond donors (Lipinski definition) is 1. The van der Waals surface area contributed by atoms with Crippen molar-refractivity contribution >= 4 is 21.6 Å². The molecular weight excluding hydrogens is 302 g/mol. The van der Waals surface area contributed by atoms with Crippen LogP contribution in [-0.2, 0) is 19.9 Å². The first-order chi connectivity index (χ1) is 9.15. The first-order valence-corrected chi connectivity index (χ1v) is 7.47. The van der Waals surface area contributed by atoms with Crippen LogP contribution >= 0.6 is 15.9 Å². The Morgan fingerprint density at radius 3 is 2.95 bits per heavy atom. The van der Waals surface area contributed by atoms with E-state index in [-0.39, 0.29) is 0 Å². The first-order valence-electron chi connectivity index (χ1n) is 6.67. The molecule has 0 aliphatic carbocycles. The number of benzene rings is 1. The maximum atomic E-state index is 4.46. The molecule has 19 heavy (non-hydrogen) atoms. The molecule has 0 saturated carbocycles. The predicted octanol–water partition coefficient (Wildman–Crippen LogP) is 3.46. The van der Waals surface area contributed by atoms with Gasteiger partial charge in [0.25, 0.3) is 0 Å². The Morgan fingerprint density at radius 2 is 2.21 bits per heavy atom. The van der Waals surface area contributed by atoms with Crippen molar-refractivity contribution in [2.45, 2.75) is 32.2 Å². The van der Waals surface area contributed by atoms with Crippen molar-refractivity contribution in [3.05, 3.63) is 45.7 Å². The maximum absolute atomic E-state index is 4.46. The van der Waals surface area contributed by atoms with Crippen LogP contribution in [0, 0.1) is 6.92 Å². The smallest absolute Gasteiger partial charge is 0.0738 e. The van der Waals surface area contributed by atoms with E-state index in [1.54, 1.807) is 0 Å². The zero-order chi connectivity index (χ0) is 13.4. The highest BCUT2D eigenvalue weighted by Gasteiger charge is 2.20. The largest absolute Gasteiger partial charge is 0.382 e. The number of nitrogens with zero attached hydrogens (tertiary/aromatic N) is 2. The van der Waals surface area contributed by atoms with E-state index in [0.29, 0.717) is 6.04 Å². The Morgan fingerprint density at radius 1 is 1.42 bits per heavy atom. The van der Waals surface area contributed by atoms with E-state index < -0.39 is 0 Å². The van der Waals surface area contributed by atoms with Gasteiger partial charge >= 0.3 is 0 Å². The summed E-state index contributed by atoms with van der Waals surface area (Å²) in [6.45, 7) is 2.04. The van der Waals surface area contributed by atoms with E-state index in [1.165, 1.54) is 23.4 Å². The molecule has 4 heteroatoms. The number of nitrogens with one attached hydrogen (secondary N) is 1. The molecule has 1 atom stereocenters. The topological polar surface area (TPSA) is 29.9 Å². The average Bonchev–Trinajstić information content (AvgIpc) is 2.65. The molecule has 3 rings (SSSR count). The lowest BCUT2D eigenvalue weighted by molar-refractivity contribution is 0.592. The summed E-state index contributed by atoms with van der Waals surface area (Å²) >= 11 is 3.65. The summed E-state index contributed by atoms with van der Waals surface area (Å²) in [5, 5.41) is 8.11. The van der Waals surface area contributed by atoms with Crippen LogP contribution in [0.5, 0.6) is 0 Å². The van der Waals surface area contributed by atoms with Crippen molar-refractivity contribution < 1.29 is 0 Å². The van der Waals surface area contributed by atoms with Crippen molar-refractivity contribution in [3.8, 4) is 0 Å². The minimum absolute atomic E-state index is 0.487. The Kier molecular flexibility index (Phi) is 3.35. The normalized spacial score (nSPS) is 17.9. The molecule has 1 aromatic carbocycles. The van der Waals surface area contributed by atoms with Crippen LogP contribution < -0.4 is 5.32 Å². The van der Waals surface area contributed by atoms with Gasteiger partial charge < -0.3 is 5.32 Å². The third kappa shape index (κ3) is 2.41. The average molecular weight is 320 g/mol. The zero-order valence-corrected chi connectivity index (χ0v) is 12.9. The summed E-state index contributed by atoms with van der Waals surface area (Å²) in [5.41, 5.74) is 5.05. The molecule has 0 fully saturated rings. The lowest BCUT2D eigenvalue weighted by Crippen LogP contribution is -2.28. The molecule has 0 amide bonds. The molecule has 0 radical (unpaired) electrons. The Hall–Kier alpha value is -1.29. The number of anilines is 1. The Balaban J connectivity index is 1.79. The van der Waals surface area contributed by atoms with E-state index in [1.807, 2.05) is 18.7 Å². The van der Waals surface area contributed by atoms with E-state index >= 15 is 0 Å². The second kappa shape index (κ2) is 5.00. The molecule has 100 valence electrons. The lowest BCUT2D eigenvalue weighted by atomic mass is 9.95. The minimum Gasteiger partial charge on any atom is -0.382 e. The number of aromatic nitrogens is 2. The molecule has 0 bridgehead atoms. The summed E-state index contributed by atoms with van der Waals surface area (Å²) in [6.07, 6.45) is 3.34. The van der Waals surface area contributed by atoms with Gasteiger partial charge in [-0.1, -0.05) is 18.2 Å². The van der Waals surface area contributed by atoms with Gasteiger partial charge in [-0.15, -0.1) is 0 Å². The molecule has 1 N–H and O–H groups in total. The minimum atomic E-state index is 0.487. The molecule has 1 aliphatic rings.